The Labute approximate surface area is 83.4 Å². The van der Waals surface area contributed by atoms with Crippen molar-refractivity contribution in [3.8, 4) is 0 Å². The Morgan fingerprint density at radius 3 is 2.79 bits per heavy atom. The monoisotopic (exact) mass is 194 g/mol. The van der Waals surface area contributed by atoms with Crippen LogP contribution in [0.1, 0.15) is 26.2 Å². The molecule has 0 heterocycles. The van der Waals surface area contributed by atoms with Crippen LogP contribution in [0.15, 0.2) is 23.3 Å². The molecule has 0 aromatic carbocycles. The lowest BCUT2D eigenvalue weighted by Gasteiger charge is -2.12. The molecule has 0 bridgehead atoms. The van der Waals surface area contributed by atoms with Gasteiger partial charge in [0.15, 0.2) is 5.78 Å². The minimum absolute atomic E-state index is 0.00125. The average molecular weight is 194 g/mol. The molecule has 0 fully saturated rings. The largest absolute Gasteiger partial charge is 0.466 e. The Morgan fingerprint density at radius 1 is 1.50 bits per heavy atom. The van der Waals surface area contributed by atoms with E-state index in [4.69, 9.17) is 0 Å². The lowest BCUT2D eigenvalue weighted by atomic mass is 9.94. The van der Waals surface area contributed by atoms with E-state index in [1.165, 1.54) is 7.11 Å². The van der Waals surface area contributed by atoms with Crippen LogP contribution in [-0.4, -0.2) is 18.9 Å². The van der Waals surface area contributed by atoms with E-state index in [1.54, 1.807) is 13.0 Å². The normalized spacial score (nSPS) is 15.6. The number of rotatable bonds is 3. The van der Waals surface area contributed by atoms with Gasteiger partial charge in [-0.15, -0.1) is 0 Å². The minimum atomic E-state index is -0.383. The third-order valence-corrected chi connectivity index (χ3v) is 2.22. The van der Waals surface area contributed by atoms with Crippen molar-refractivity contribution in [2.24, 2.45) is 0 Å². The van der Waals surface area contributed by atoms with Gasteiger partial charge < -0.3 is 4.74 Å². The molecule has 0 saturated heterocycles. The first-order chi connectivity index (χ1) is 6.70. The summed E-state index contributed by atoms with van der Waals surface area (Å²) in [5.74, 6) is -0.382. The van der Waals surface area contributed by atoms with E-state index in [0.717, 1.165) is 6.42 Å². The van der Waals surface area contributed by atoms with E-state index in [1.807, 2.05) is 6.08 Å². The standard InChI is InChI=1S/C11H14O3/c1-3-10(12)8-6-4-5-7-9(8)11(13)14-2/h4,6H,3,5,7H2,1-2H3. The van der Waals surface area contributed by atoms with Gasteiger partial charge in [-0.25, -0.2) is 4.79 Å². The molecule has 0 saturated carbocycles. The molecule has 1 aliphatic carbocycles. The number of ether oxygens (including phenoxy) is 1. The molecule has 1 rings (SSSR count). The fourth-order valence-corrected chi connectivity index (χ4v) is 1.45. The molecule has 0 amide bonds. The number of carbonyl (C=O) groups is 2. The summed E-state index contributed by atoms with van der Waals surface area (Å²) < 4.78 is 4.63. The molecule has 76 valence electrons. The molecule has 0 radical (unpaired) electrons. The molecule has 3 heteroatoms. The number of hydrogen-bond acceptors (Lipinski definition) is 3. The first-order valence-corrected chi connectivity index (χ1v) is 4.72. The van der Waals surface area contributed by atoms with Crippen LogP contribution >= 0.6 is 0 Å². The highest BCUT2D eigenvalue weighted by Gasteiger charge is 2.20. The molecule has 0 aromatic heterocycles. The van der Waals surface area contributed by atoms with Gasteiger partial charge in [0, 0.05) is 17.6 Å². The van der Waals surface area contributed by atoms with E-state index in [2.05, 4.69) is 4.74 Å². The summed E-state index contributed by atoms with van der Waals surface area (Å²) >= 11 is 0. The topological polar surface area (TPSA) is 43.4 Å². The number of methoxy groups -OCH3 is 1. The lowest BCUT2D eigenvalue weighted by Crippen LogP contribution is -2.13. The zero-order valence-corrected chi connectivity index (χ0v) is 8.50. The van der Waals surface area contributed by atoms with Gasteiger partial charge in [0.05, 0.1) is 7.11 Å². The van der Waals surface area contributed by atoms with Gasteiger partial charge in [0.25, 0.3) is 0 Å². The summed E-state index contributed by atoms with van der Waals surface area (Å²) in [5.41, 5.74) is 1.03. The summed E-state index contributed by atoms with van der Waals surface area (Å²) in [6, 6.07) is 0. The van der Waals surface area contributed by atoms with Crippen LogP contribution in [0, 0.1) is 0 Å². The third-order valence-electron chi connectivity index (χ3n) is 2.22. The summed E-state index contributed by atoms with van der Waals surface area (Å²) in [6.07, 6.45) is 5.45. The van der Waals surface area contributed by atoms with Crippen LogP contribution in [0.4, 0.5) is 0 Å². The number of carbonyl (C=O) groups excluding carboxylic acids is 2. The van der Waals surface area contributed by atoms with Crippen molar-refractivity contribution in [2.45, 2.75) is 26.2 Å². The SMILES string of the molecule is CCC(=O)C1=C(C(=O)OC)CCC=C1. The van der Waals surface area contributed by atoms with Crippen molar-refractivity contribution in [3.63, 3.8) is 0 Å². The number of ketones is 1. The first kappa shape index (κ1) is 10.7. The van der Waals surface area contributed by atoms with Gasteiger partial charge in [0.1, 0.15) is 0 Å². The van der Waals surface area contributed by atoms with E-state index in [-0.39, 0.29) is 11.8 Å². The van der Waals surface area contributed by atoms with Crippen LogP contribution in [0.3, 0.4) is 0 Å². The molecule has 0 spiro atoms. The highest BCUT2D eigenvalue weighted by molar-refractivity contribution is 6.06. The Morgan fingerprint density at radius 2 is 2.21 bits per heavy atom. The van der Waals surface area contributed by atoms with Crippen molar-refractivity contribution in [2.75, 3.05) is 7.11 Å². The molecule has 1 aliphatic rings. The van der Waals surface area contributed by atoms with E-state index >= 15 is 0 Å². The number of esters is 1. The molecule has 14 heavy (non-hydrogen) atoms. The summed E-state index contributed by atoms with van der Waals surface area (Å²) in [4.78, 5) is 22.8. The van der Waals surface area contributed by atoms with Crippen molar-refractivity contribution in [1.29, 1.82) is 0 Å². The Kier molecular flexibility index (Phi) is 3.63. The second kappa shape index (κ2) is 4.74. The smallest absolute Gasteiger partial charge is 0.334 e. The van der Waals surface area contributed by atoms with Gasteiger partial charge in [-0.3, -0.25) is 4.79 Å². The van der Waals surface area contributed by atoms with Crippen molar-refractivity contribution in [3.05, 3.63) is 23.3 Å². The maximum Gasteiger partial charge on any atom is 0.334 e. The first-order valence-electron chi connectivity index (χ1n) is 4.72. The molecule has 0 N–H and O–H groups in total. The predicted molar refractivity (Wildman–Crippen MR) is 52.7 cm³/mol. The van der Waals surface area contributed by atoms with Gasteiger partial charge in [-0.05, 0) is 12.8 Å². The molecule has 3 nitrogen and oxygen atoms in total. The highest BCUT2D eigenvalue weighted by Crippen LogP contribution is 2.21. The maximum absolute atomic E-state index is 11.5. The zero-order chi connectivity index (χ0) is 10.6. The summed E-state index contributed by atoms with van der Waals surface area (Å²) in [7, 11) is 1.34. The highest BCUT2D eigenvalue weighted by atomic mass is 16.5. The zero-order valence-electron chi connectivity index (χ0n) is 8.50. The second-order valence-corrected chi connectivity index (χ2v) is 3.10. The Bertz CT molecular complexity index is 310. The van der Waals surface area contributed by atoms with Crippen LogP contribution < -0.4 is 0 Å². The molecular formula is C11H14O3. The van der Waals surface area contributed by atoms with E-state index < -0.39 is 0 Å². The van der Waals surface area contributed by atoms with Gasteiger partial charge in [0.2, 0.25) is 0 Å². The van der Waals surface area contributed by atoms with Gasteiger partial charge in [-0.2, -0.15) is 0 Å². The minimum Gasteiger partial charge on any atom is -0.466 e. The summed E-state index contributed by atoms with van der Waals surface area (Å²) in [5, 5.41) is 0. The molecule has 0 unspecified atom stereocenters. The van der Waals surface area contributed by atoms with Crippen LogP contribution in [-0.2, 0) is 14.3 Å². The fourth-order valence-electron chi connectivity index (χ4n) is 1.45. The van der Waals surface area contributed by atoms with Crippen LogP contribution in [0.5, 0.6) is 0 Å². The number of hydrogen-bond donors (Lipinski definition) is 0. The molecule has 0 atom stereocenters. The Hall–Kier alpha value is -1.38. The van der Waals surface area contributed by atoms with Crippen LogP contribution in [0.25, 0.3) is 0 Å². The predicted octanol–water partition coefficient (Wildman–Crippen LogP) is 1.79. The molecule has 0 aliphatic heterocycles. The quantitative estimate of drug-likeness (QED) is 0.643. The van der Waals surface area contributed by atoms with Gasteiger partial charge in [-0.1, -0.05) is 19.1 Å². The third kappa shape index (κ3) is 2.10. The lowest BCUT2D eigenvalue weighted by molar-refractivity contribution is -0.136. The van der Waals surface area contributed by atoms with Crippen molar-refractivity contribution >= 4 is 11.8 Å². The summed E-state index contributed by atoms with van der Waals surface area (Å²) in [6.45, 7) is 1.78. The fraction of sp³-hybridized carbons (Fsp3) is 0.455. The second-order valence-electron chi connectivity index (χ2n) is 3.10. The molecule has 0 aromatic rings. The van der Waals surface area contributed by atoms with Crippen LogP contribution in [0.2, 0.25) is 0 Å². The molecular weight excluding hydrogens is 180 g/mol. The number of allylic oxidation sites excluding steroid dienone is 3. The van der Waals surface area contributed by atoms with Crippen molar-refractivity contribution in [1.82, 2.24) is 0 Å². The van der Waals surface area contributed by atoms with Gasteiger partial charge >= 0.3 is 5.97 Å². The van der Waals surface area contributed by atoms with E-state index in [9.17, 15) is 9.59 Å². The Balaban J connectivity index is 3.03. The van der Waals surface area contributed by atoms with E-state index in [0.29, 0.717) is 24.0 Å². The maximum atomic E-state index is 11.5. The average Bonchev–Trinajstić information content (AvgIpc) is 2.27. The number of Topliss-reactive ketones (excluding diaryl/α,β-unsaturated/α-hetero) is 1. The van der Waals surface area contributed by atoms with Crippen molar-refractivity contribution < 1.29 is 14.3 Å².